The number of ether oxygens (including phenoxy) is 1. The molecule has 0 bridgehead atoms. The Labute approximate surface area is 144 Å². The highest BCUT2D eigenvalue weighted by atomic mass is 19.3. The first-order chi connectivity index (χ1) is 11.5. The third kappa shape index (κ3) is 3.62. The van der Waals surface area contributed by atoms with Crippen molar-refractivity contribution in [3.8, 4) is 0 Å². The maximum Gasteiger partial charge on any atom is 0.413 e. The number of aryl methyl sites for hydroxylation is 1. The molecule has 2 fully saturated rings. The lowest BCUT2D eigenvalue weighted by Crippen LogP contribution is -2.36. The van der Waals surface area contributed by atoms with Crippen LogP contribution >= 0.6 is 0 Å². The molecule has 0 atom stereocenters. The molecule has 1 N–H and O–H groups in total. The zero-order valence-corrected chi connectivity index (χ0v) is 14.9. The lowest BCUT2D eigenvalue weighted by Gasteiger charge is -2.35. The molecule has 0 radical (unpaired) electrons. The Balaban J connectivity index is 1.80. The molecule has 1 aromatic rings. The van der Waals surface area contributed by atoms with E-state index in [1.807, 2.05) is 20.8 Å². The van der Waals surface area contributed by atoms with E-state index in [1.54, 1.807) is 7.05 Å². The molecule has 2 saturated carbocycles. The highest BCUT2D eigenvalue weighted by Crippen LogP contribution is 2.51. The summed E-state index contributed by atoms with van der Waals surface area (Å²) in [5.41, 5.74) is 0.950. The number of nitrogens with zero attached hydrogens (tertiary/aromatic N) is 2. The molecule has 2 aliphatic rings. The molecular weight excluding hydrogens is 335 g/mol. The molecule has 3 rings (SSSR count). The zero-order chi connectivity index (χ0) is 18.6. The first-order valence-electron chi connectivity index (χ1n) is 8.53. The fourth-order valence-electron chi connectivity index (χ4n) is 3.44. The Morgan fingerprint density at radius 3 is 2.40 bits per heavy atom. The van der Waals surface area contributed by atoms with Gasteiger partial charge in [-0.15, -0.1) is 0 Å². The third-order valence-electron chi connectivity index (χ3n) is 4.83. The molecule has 1 heterocycles. The summed E-state index contributed by atoms with van der Waals surface area (Å²) in [6, 6.07) is 0. The molecule has 25 heavy (non-hydrogen) atoms. The Morgan fingerprint density at radius 2 is 1.92 bits per heavy atom. The SMILES string of the molecule is Cn1nc(C2CC(F)(F)C2)c(C(C)(C)C)c1NC(=O)OC1CC(F)C1. The zero-order valence-electron chi connectivity index (χ0n) is 14.9. The van der Waals surface area contributed by atoms with E-state index in [-0.39, 0.29) is 31.6 Å². The van der Waals surface area contributed by atoms with Crippen molar-refractivity contribution in [3.05, 3.63) is 11.3 Å². The minimum Gasteiger partial charge on any atom is -0.446 e. The van der Waals surface area contributed by atoms with E-state index in [0.29, 0.717) is 11.5 Å². The van der Waals surface area contributed by atoms with E-state index < -0.39 is 29.7 Å². The molecule has 1 amide bonds. The molecule has 0 unspecified atom stereocenters. The average molecular weight is 359 g/mol. The van der Waals surface area contributed by atoms with Crippen LogP contribution in [-0.4, -0.2) is 34.1 Å². The molecule has 0 aliphatic heterocycles. The molecule has 1 aromatic heterocycles. The molecule has 0 saturated heterocycles. The maximum absolute atomic E-state index is 13.3. The summed E-state index contributed by atoms with van der Waals surface area (Å²) in [4.78, 5) is 12.1. The minimum absolute atomic E-state index is 0.216. The van der Waals surface area contributed by atoms with Crippen LogP contribution in [0.1, 0.15) is 63.6 Å². The highest BCUT2D eigenvalue weighted by molar-refractivity contribution is 5.85. The number of carbonyl (C=O) groups excluding carboxylic acids is 1. The van der Waals surface area contributed by atoms with Crippen LogP contribution in [0, 0.1) is 0 Å². The predicted octanol–water partition coefficient (Wildman–Crippen LogP) is 4.28. The van der Waals surface area contributed by atoms with Gasteiger partial charge in [-0.1, -0.05) is 20.8 Å². The lowest BCUT2D eigenvalue weighted by molar-refractivity contribution is -0.0879. The van der Waals surface area contributed by atoms with Crippen molar-refractivity contribution in [2.75, 3.05) is 5.32 Å². The third-order valence-corrected chi connectivity index (χ3v) is 4.83. The van der Waals surface area contributed by atoms with Gasteiger partial charge in [0.2, 0.25) is 5.92 Å². The van der Waals surface area contributed by atoms with Crippen molar-refractivity contribution < 1.29 is 22.7 Å². The Hall–Kier alpha value is -1.73. The van der Waals surface area contributed by atoms with Crippen LogP contribution < -0.4 is 5.32 Å². The number of rotatable bonds is 3. The van der Waals surface area contributed by atoms with Crippen LogP contribution in [0.25, 0.3) is 0 Å². The molecule has 140 valence electrons. The maximum atomic E-state index is 13.3. The van der Waals surface area contributed by atoms with Crippen LogP contribution in [0.4, 0.5) is 23.8 Å². The highest BCUT2D eigenvalue weighted by Gasteiger charge is 2.49. The summed E-state index contributed by atoms with van der Waals surface area (Å²) in [5.74, 6) is -2.52. The van der Waals surface area contributed by atoms with Gasteiger partial charge in [-0.2, -0.15) is 5.10 Å². The van der Waals surface area contributed by atoms with E-state index in [1.165, 1.54) is 4.68 Å². The normalized spacial score (nSPS) is 25.9. The summed E-state index contributed by atoms with van der Waals surface area (Å²) < 4.78 is 46.1. The number of nitrogens with one attached hydrogen (secondary N) is 1. The second-order valence-corrected chi connectivity index (χ2v) is 8.16. The summed E-state index contributed by atoms with van der Waals surface area (Å²) >= 11 is 0. The smallest absolute Gasteiger partial charge is 0.413 e. The number of hydrogen-bond acceptors (Lipinski definition) is 3. The number of anilines is 1. The molecule has 2 aliphatic carbocycles. The van der Waals surface area contributed by atoms with Gasteiger partial charge >= 0.3 is 6.09 Å². The second kappa shape index (κ2) is 5.92. The van der Waals surface area contributed by atoms with Gasteiger partial charge < -0.3 is 4.74 Å². The van der Waals surface area contributed by atoms with Crippen molar-refractivity contribution in [1.82, 2.24) is 9.78 Å². The van der Waals surface area contributed by atoms with E-state index in [0.717, 1.165) is 5.56 Å². The van der Waals surface area contributed by atoms with Gasteiger partial charge in [0.05, 0.1) is 5.69 Å². The van der Waals surface area contributed by atoms with Crippen molar-refractivity contribution in [1.29, 1.82) is 0 Å². The lowest BCUT2D eigenvalue weighted by atomic mass is 9.74. The number of halogens is 3. The second-order valence-electron chi connectivity index (χ2n) is 8.16. The van der Waals surface area contributed by atoms with Gasteiger partial charge in [0, 0.05) is 44.2 Å². The summed E-state index contributed by atoms with van der Waals surface area (Å²) in [6.45, 7) is 5.83. The fraction of sp³-hybridized carbons (Fsp3) is 0.765. The van der Waals surface area contributed by atoms with Gasteiger partial charge in [-0.05, 0) is 5.41 Å². The number of alkyl halides is 3. The Bertz CT molecular complexity index is 667. The van der Waals surface area contributed by atoms with Crippen LogP contribution in [0.2, 0.25) is 0 Å². The summed E-state index contributed by atoms with van der Waals surface area (Å²) in [6.07, 6.45) is -2.01. The number of amides is 1. The number of carbonyl (C=O) groups is 1. The molecule has 8 heteroatoms. The summed E-state index contributed by atoms with van der Waals surface area (Å²) in [7, 11) is 1.66. The van der Waals surface area contributed by atoms with E-state index in [9.17, 15) is 18.0 Å². The topological polar surface area (TPSA) is 56.2 Å². The standard InChI is InChI=1S/C17H24F3N3O2/c1-16(2,3)12-13(9-7-17(19,20)8-9)22-23(4)14(12)21-15(24)25-11-5-10(18)6-11/h9-11H,5-8H2,1-4H3,(H,21,24). The van der Waals surface area contributed by atoms with Crippen molar-refractivity contribution in [3.63, 3.8) is 0 Å². The first kappa shape index (κ1) is 18.1. The van der Waals surface area contributed by atoms with Gasteiger partial charge in [-0.3, -0.25) is 10.00 Å². The first-order valence-corrected chi connectivity index (χ1v) is 8.53. The van der Waals surface area contributed by atoms with Crippen LogP contribution in [0.3, 0.4) is 0 Å². The predicted molar refractivity (Wildman–Crippen MR) is 86.9 cm³/mol. The molecule has 0 aromatic carbocycles. The van der Waals surface area contributed by atoms with Gasteiger partial charge in [0.25, 0.3) is 0 Å². The molecule has 0 spiro atoms. The fourth-order valence-corrected chi connectivity index (χ4v) is 3.44. The van der Waals surface area contributed by atoms with Crippen LogP contribution in [0.5, 0.6) is 0 Å². The van der Waals surface area contributed by atoms with Crippen LogP contribution in [-0.2, 0) is 17.2 Å². The minimum atomic E-state index is -2.64. The quantitative estimate of drug-likeness (QED) is 0.876. The largest absolute Gasteiger partial charge is 0.446 e. The monoisotopic (exact) mass is 359 g/mol. The Kier molecular flexibility index (Phi) is 4.28. The van der Waals surface area contributed by atoms with E-state index in [4.69, 9.17) is 4.74 Å². The molecule has 5 nitrogen and oxygen atoms in total. The van der Waals surface area contributed by atoms with Crippen LogP contribution in [0.15, 0.2) is 0 Å². The van der Waals surface area contributed by atoms with Crippen molar-refractivity contribution in [2.45, 2.75) is 76.0 Å². The van der Waals surface area contributed by atoms with Crippen molar-refractivity contribution in [2.24, 2.45) is 7.05 Å². The average Bonchev–Trinajstić information content (AvgIpc) is 2.71. The van der Waals surface area contributed by atoms with Gasteiger partial charge in [-0.25, -0.2) is 18.0 Å². The van der Waals surface area contributed by atoms with Crippen molar-refractivity contribution >= 4 is 11.9 Å². The van der Waals surface area contributed by atoms with Gasteiger partial charge in [0.1, 0.15) is 18.1 Å². The van der Waals surface area contributed by atoms with E-state index >= 15 is 0 Å². The summed E-state index contributed by atoms with van der Waals surface area (Å²) in [5, 5.41) is 7.07. The van der Waals surface area contributed by atoms with Gasteiger partial charge in [0.15, 0.2) is 0 Å². The number of hydrogen-bond donors (Lipinski definition) is 1. The molecular formula is C17H24F3N3O2. The number of aromatic nitrogens is 2. The van der Waals surface area contributed by atoms with E-state index in [2.05, 4.69) is 10.4 Å². The Morgan fingerprint density at radius 1 is 1.32 bits per heavy atom.